The zero-order chi connectivity index (χ0) is 28.0. The Morgan fingerprint density at radius 1 is 1.10 bits per heavy atom. The van der Waals surface area contributed by atoms with Crippen molar-refractivity contribution in [3.05, 3.63) is 76.3 Å². The Balaban J connectivity index is 1.32. The molecule has 8 nitrogen and oxygen atoms in total. The van der Waals surface area contributed by atoms with Gasteiger partial charge in [0.1, 0.15) is 18.0 Å². The van der Waals surface area contributed by atoms with Crippen LogP contribution in [-0.2, 0) is 32.6 Å². The van der Waals surface area contributed by atoms with Crippen LogP contribution >= 0.6 is 0 Å². The average Bonchev–Trinajstić information content (AvgIpc) is 3.54. The van der Waals surface area contributed by atoms with E-state index in [1.807, 2.05) is 12.1 Å². The third kappa shape index (κ3) is 4.63. The van der Waals surface area contributed by atoms with E-state index in [4.69, 9.17) is 16.3 Å². The SMILES string of the molecule is [C-]#[N+]c1c(-c2c(OC)ncnc2C2CC2)nc(NCc2ccc(-c3nc(C(F)(F)F)cn3C)cc2)c2c1CCC2. The number of imidazole rings is 1. The van der Waals surface area contributed by atoms with Crippen LogP contribution in [0.5, 0.6) is 5.88 Å². The van der Waals surface area contributed by atoms with Gasteiger partial charge in [-0.2, -0.15) is 13.2 Å². The lowest BCUT2D eigenvalue weighted by atomic mass is 10.0. The van der Waals surface area contributed by atoms with E-state index in [0.29, 0.717) is 46.7 Å². The minimum atomic E-state index is -4.50. The first-order valence-corrected chi connectivity index (χ1v) is 13.0. The van der Waals surface area contributed by atoms with Gasteiger partial charge in [-0.1, -0.05) is 24.3 Å². The molecule has 1 aromatic carbocycles. The van der Waals surface area contributed by atoms with Crippen molar-refractivity contribution in [2.75, 3.05) is 12.4 Å². The monoisotopic (exact) mass is 545 g/mol. The summed E-state index contributed by atoms with van der Waals surface area (Å²) >= 11 is 0. The molecule has 2 aliphatic carbocycles. The van der Waals surface area contributed by atoms with Crippen molar-refractivity contribution in [2.24, 2.45) is 7.05 Å². The van der Waals surface area contributed by atoms with Crippen LogP contribution < -0.4 is 10.1 Å². The number of nitrogens with zero attached hydrogens (tertiary/aromatic N) is 6. The van der Waals surface area contributed by atoms with E-state index < -0.39 is 11.9 Å². The Labute approximate surface area is 229 Å². The summed E-state index contributed by atoms with van der Waals surface area (Å²) in [6, 6.07) is 7.24. The first-order valence-electron chi connectivity index (χ1n) is 13.0. The Hall–Kier alpha value is -4.46. The molecule has 0 amide bonds. The molecule has 0 bridgehead atoms. The van der Waals surface area contributed by atoms with E-state index in [2.05, 4.69) is 25.1 Å². The molecule has 0 aliphatic heterocycles. The van der Waals surface area contributed by atoms with Crippen molar-refractivity contribution in [3.8, 4) is 28.5 Å². The Kier molecular flexibility index (Phi) is 6.41. The Morgan fingerprint density at radius 3 is 2.50 bits per heavy atom. The van der Waals surface area contributed by atoms with Crippen molar-refractivity contribution in [3.63, 3.8) is 0 Å². The van der Waals surface area contributed by atoms with Gasteiger partial charge in [-0.3, -0.25) is 0 Å². The summed E-state index contributed by atoms with van der Waals surface area (Å²) in [5, 5.41) is 3.45. The standard InChI is InChI=1S/C29H26F3N7O/c1-33-24-19-5-4-6-20(19)26(38-25(24)22-23(17-11-12-17)35-15-36-28(22)40-3)34-13-16-7-9-18(10-8-16)27-37-21(14-39(27)2)29(30,31)32/h7-10,14-15,17H,4-6,11-13H2,2-3H3,(H,34,38). The number of anilines is 1. The fourth-order valence-corrected chi connectivity index (χ4v) is 5.34. The minimum Gasteiger partial charge on any atom is -0.480 e. The molecule has 0 radical (unpaired) electrons. The fraction of sp³-hybridized carbons (Fsp3) is 0.345. The van der Waals surface area contributed by atoms with Gasteiger partial charge in [0.05, 0.1) is 30.6 Å². The molecule has 40 heavy (non-hydrogen) atoms. The van der Waals surface area contributed by atoms with Crippen molar-refractivity contribution in [2.45, 2.75) is 50.7 Å². The lowest BCUT2D eigenvalue weighted by Gasteiger charge is -2.18. The highest BCUT2D eigenvalue weighted by Gasteiger charge is 2.35. The van der Waals surface area contributed by atoms with Crippen molar-refractivity contribution >= 4 is 11.5 Å². The highest BCUT2D eigenvalue weighted by Crippen LogP contribution is 2.49. The lowest BCUT2D eigenvalue weighted by Crippen LogP contribution is -2.08. The molecule has 0 saturated heterocycles. The molecule has 3 aromatic heterocycles. The summed E-state index contributed by atoms with van der Waals surface area (Å²) in [5.41, 5.74) is 5.28. The van der Waals surface area contributed by atoms with Gasteiger partial charge in [0.2, 0.25) is 11.6 Å². The molecule has 6 rings (SSSR count). The van der Waals surface area contributed by atoms with Gasteiger partial charge in [0.25, 0.3) is 0 Å². The van der Waals surface area contributed by atoms with Gasteiger partial charge in [-0.05, 0) is 48.8 Å². The minimum absolute atomic E-state index is 0.246. The first-order chi connectivity index (χ1) is 19.3. The maximum atomic E-state index is 13.1. The van der Waals surface area contributed by atoms with Crippen molar-refractivity contribution in [1.82, 2.24) is 24.5 Å². The molecule has 1 saturated carbocycles. The topological polar surface area (TPSA) is 82.1 Å². The number of nitrogens with one attached hydrogen (secondary N) is 1. The summed E-state index contributed by atoms with van der Waals surface area (Å²) in [5.74, 6) is 1.68. The summed E-state index contributed by atoms with van der Waals surface area (Å²) in [6.07, 6.45) is 2.61. The predicted molar refractivity (Wildman–Crippen MR) is 143 cm³/mol. The second kappa shape index (κ2) is 9.93. The highest BCUT2D eigenvalue weighted by molar-refractivity contribution is 5.85. The number of ether oxygens (including phenoxy) is 1. The summed E-state index contributed by atoms with van der Waals surface area (Å²) < 4.78 is 46.2. The third-order valence-corrected chi connectivity index (χ3v) is 7.42. The van der Waals surface area contributed by atoms with E-state index >= 15 is 0 Å². The van der Waals surface area contributed by atoms with Crippen molar-refractivity contribution in [1.29, 1.82) is 0 Å². The van der Waals surface area contributed by atoms with Crippen molar-refractivity contribution < 1.29 is 17.9 Å². The molecular formula is C29H26F3N7O. The van der Waals surface area contributed by atoms with Crippen LogP contribution in [0.4, 0.5) is 24.7 Å². The maximum absolute atomic E-state index is 13.1. The maximum Gasteiger partial charge on any atom is 0.434 e. The average molecular weight is 546 g/mol. The lowest BCUT2D eigenvalue weighted by molar-refractivity contribution is -0.140. The zero-order valence-corrected chi connectivity index (χ0v) is 22.0. The number of halogens is 3. The van der Waals surface area contributed by atoms with Gasteiger partial charge >= 0.3 is 6.18 Å². The number of aromatic nitrogens is 5. The van der Waals surface area contributed by atoms with E-state index in [-0.39, 0.29) is 5.82 Å². The molecule has 4 aromatic rings. The Morgan fingerprint density at radius 2 is 1.85 bits per heavy atom. The van der Waals surface area contributed by atoms with Gasteiger partial charge in [-0.25, -0.2) is 24.8 Å². The summed E-state index contributed by atoms with van der Waals surface area (Å²) in [6.45, 7) is 8.43. The number of benzene rings is 1. The van der Waals surface area contributed by atoms with Crippen LogP contribution in [0.1, 0.15) is 53.3 Å². The van der Waals surface area contributed by atoms with Crippen LogP contribution in [0.15, 0.2) is 36.8 Å². The van der Waals surface area contributed by atoms with Gasteiger partial charge in [0.15, 0.2) is 5.69 Å². The smallest absolute Gasteiger partial charge is 0.434 e. The van der Waals surface area contributed by atoms with Crippen LogP contribution in [-0.4, -0.2) is 31.6 Å². The summed E-state index contributed by atoms with van der Waals surface area (Å²) in [7, 11) is 3.11. The fourth-order valence-electron chi connectivity index (χ4n) is 5.34. The van der Waals surface area contributed by atoms with Crippen LogP contribution in [0.2, 0.25) is 0 Å². The number of hydrogen-bond donors (Lipinski definition) is 1. The van der Waals surface area contributed by atoms with E-state index in [1.165, 1.54) is 10.9 Å². The number of methoxy groups -OCH3 is 1. The first kappa shape index (κ1) is 25.8. The van der Waals surface area contributed by atoms with Gasteiger partial charge < -0.3 is 14.6 Å². The molecule has 0 unspecified atom stereocenters. The number of alkyl halides is 3. The van der Waals surface area contributed by atoms with Gasteiger partial charge in [0, 0.05) is 31.3 Å². The molecule has 204 valence electrons. The number of hydrogen-bond acceptors (Lipinski definition) is 6. The number of fused-ring (bicyclic) bond motifs is 1. The van der Waals surface area contributed by atoms with Crippen LogP contribution in [0.3, 0.4) is 0 Å². The van der Waals surface area contributed by atoms with Gasteiger partial charge in [-0.15, -0.1) is 0 Å². The molecule has 1 N–H and O–H groups in total. The number of pyridine rings is 1. The second-order valence-corrected chi connectivity index (χ2v) is 10.1. The predicted octanol–water partition coefficient (Wildman–Crippen LogP) is 6.50. The summed E-state index contributed by atoms with van der Waals surface area (Å²) in [4.78, 5) is 21.5. The zero-order valence-electron chi connectivity index (χ0n) is 22.0. The second-order valence-electron chi connectivity index (χ2n) is 10.1. The number of aryl methyl sites for hydroxylation is 1. The van der Waals surface area contributed by atoms with Crippen LogP contribution in [0, 0.1) is 6.57 Å². The Bertz CT molecular complexity index is 1630. The van der Waals surface area contributed by atoms with E-state index in [0.717, 1.165) is 60.7 Å². The van der Waals surface area contributed by atoms with E-state index in [1.54, 1.807) is 26.3 Å². The molecule has 11 heteroatoms. The molecule has 0 atom stereocenters. The molecule has 1 fully saturated rings. The third-order valence-electron chi connectivity index (χ3n) is 7.42. The largest absolute Gasteiger partial charge is 0.480 e. The number of rotatable bonds is 7. The highest BCUT2D eigenvalue weighted by atomic mass is 19.4. The normalized spacial score (nSPS) is 14.6. The molecular weight excluding hydrogens is 519 g/mol. The molecule has 0 spiro atoms. The molecule has 3 heterocycles. The van der Waals surface area contributed by atoms with Crippen LogP contribution in [0.25, 0.3) is 27.5 Å². The van der Waals surface area contributed by atoms with E-state index in [9.17, 15) is 13.2 Å². The molecule has 2 aliphatic rings. The quantitative estimate of drug-likeness (QED) is 0.267.